The molecule has 0 radical (unpaired) electrons. The number of halogens is 2. The summed E-state index contributed by atoms with van der Waals surface area (Å²) in [5.41, 5.74) is -0.264. The van der Waals surface area contributed by atoms with E-state index in [1.807, 2.05) is 13.8 Å². The van der Waals surface area contributed by atoms with Gasteiger partial charge >= 0.3 is 11.7 Å². The lowest BCUT2D eigenvalue weighted by Gasteiger charge is -2.14. The number of imidazole rings is 1. The van der Waals surface area contributed by atoms with Crippen LogP contribution in [0.15, 0.2) is 33.9 Å². The van der Waals surface area contributed by atoms with E-state index in [1.54, 1.807) is 22.8 Å². The Morgan fingerprint density at radius 2 is 1.94 bits per heavy atom. The minimum atomic E-state index is -2.86. The van der Waals surface area contributed by atoms with Crippen molar-refractivity contribution in [1.29, 1.82) is 0 Å². The van der Waals surface area contributed by atoms with Crippen molar-refractivity contribution in [2.45, 2.75) is 52.6 Å². The fourth-order valence-electron chi connectivity index (χ4n) is 3.57. The van der Waals surface area contributed by atoms with E-state index >= 15 is 0 Å². The number of benzene rings is 1. The molecular formula is C22H28F2N4O4. The zero-order chi connectivity index (χ0) is 23.6. The summed E-state index contributed by atoms with van der Waals surface area (Å²) in [7, 11) is 1.51. The SMILES string of the molecule is CC(C)Cn1c(Oc2cccc(CC(C)(F)F)c2)nc2c1c(=O)n(CCCO)c(=O)n2C. The molecule has 0 aliphatic carbocycles. The van der Waals surface area contributed by atoms with Crippen LogP contribution in [-0.2, 0) is 26.6 Å². The number of aliphatic hydroxyl groups is 1. The lowest BCUT2D eigenvalue weighted by molar-refractivity contribution is 0.0226. The Labute approximate surface area is 183 Å². The van der Waals surface area contributed by atoms with Crippen molar-refractivity contribution in [2.75, 3.05) is 6.61 Å². The number of hydrogen-bond donors (Lipinski definition) is 1. The zero-order valence-corrected chi connectivity index (χ0v) is 18.6. The number of rotatable bonds is 9. The molecular weight excluding hydrogens is 422 g/mol. The van der Waals surface area contributed by atoms with E-state index in [0.29, 0.717) is 17.9 Å². The topological polar surface area (TPSA) is 91.3 Å². The third-order valence-electron chi connectivity index (χ3n) is 4.91. The number of hydrogen-bond acceptors (Lipinski definition) is 5. The summed E-state index contributed by atoms with van der Waals surface area (Å²) in [5.74, 6) is -2.43. The van der Waals surface area contributed by atoms with Gasteiger partial charge in [-0.25, -0.2) is 13.6 Å². The van der Waals surface area contributed by atoms with E-state index in [1.165, 1.54) is 17.7 Å². The van der Waals surface area contributed by atoms with Crippen LogP contribution in [0.4, 0.5) is 8.78 Å². The minimum Gasteiger partial charge on any atom is -0.425 e. The monoisotopic (exact) mass is 450 g/mol. The molecule has 8 nitrogen and oxygen atoms in total. The number of alkyl halides is 2. The second-order valence-corrected chi connectivity index (χ2v) is 8.44. The Morgan fingerprint density at radius 1 is 1.22 bits per heavy atom. The highest BCUT2D eigenvalue weighted by molar-refractivity contribution is 5.72. The Bertz CT molecular complexity index is 1220. The van der Waals surface area contributed by atoms with Crippen molar-refractivity contribution in [1.82, 2.24) is 18.7 Å². The maximum atomic E-state index is 13.4. The largest absolute Gasteiger partial charge is 0.425 e. The molecule has 10 heteroatoms. The average Bonchev–Trinajstić information content (AvgIpc) is 3.03. The maximum absolute atomic E-state index is 13.4. The Morgan fingerprint density at radius 3 is 2.56 bits per heavy atom. The first-order chi connectivity index (χ1) is 15.0. The van der Waals surface area contributed by atoms with Crippen molar-refractivity contribution in [2.24, 2.45) is 13.0 Å². The molecule has 1 aromatic carbocycles. The van der Waals surface area contributed by atoms with Crippen molar-refractivity contribution >= 4 is 11.2 Å². The molecule has 0 amide bonds. The number of aromatic nitrogens is 4. The molecule has 0 saturated heterocycles. The molecule has 0 saturated carbocycles. The first-order valence-corrected chi connectivity index (χ1v) is 10.5. The van der Waals surface area contributed by atoms with Crippen LogP contribution >= 0.6 is 0 Å². The molecule has 1 N–H and O–H groups in total. The second kappa shape index (κ2) is 9.23. The first kappa shape index (κ1) is 23.6. The van der Waals surface area contributed by atoms with Gasteiger partial charge in [-0.15, -0.1) is 0 Å². The average molecular weight is 450 g/mol. The van der Waals surface area contributed by atoms with Crippen LogP contribution in [0.25, 0.3) is 11.2 Å². The summed E-state index contributed by atoms with van der Waals surface area (Å²) in [6.07, 6.45) is -0.173. The molecule has 0 atom stereocenters. The molecule has 2 heterocycles. The molecule has 0 fully saturated rings. The normalized spacial score (nSPS) is 12.1. The highest BCUT2D eigenvalue weighted by atomic mass is 19.3. The van der Waals surface area contributed by atoms with Crippen LogP contribution in [0.5, 0.6) is 11.8 Å². The molecule has 3 rings (SSSR count). The van der Waals surface area contributed by atoms with Gasteiger partial charge in [0, 0.05) is 33.2 Å². The summed E-state index contributed by atoms with van der Waals surface area (Å²) in [5, 5.41) is 9.12. The van der Waals surface area contributed by atoms with Gasteiger partial charge in [0.1, 0.15) is 5.75 Å². The summed E-state index contributed by atoms with van der Waals surface area (Å²) in [6, 6.07) is 6.43. The molecule has 0 aliphatic rings. The van der Waals surface area contributed by atoms with Crippen LogP contribution in [0.1, 0.15) is 32.8 Å². The number of nitrogens with zero attached hydrogens (tertiary/aromatic N) is 4. The predicted molar refractivity (Wildman–Crippen MR) is 117 cm³/mol. The molecule has 0 bridgehead atoms. The van der Waals surface area contributed by atoms with Gasteiger partial charge < -0.3 is 9.84 Å². The standard InChI is InChI=1S/C22H28F2N4O4/c1-14(2)13-28-17-18(26(4)21(31)27(19(17)30)9-6-10-29)25-20(28)32-16-8-5-7-15(11-16)12-22(3,23)24/h5,7-8,11,14,29H,6,9-10,12-13H2,1-4H3. The van der Waals surface area contributed by atoms with Crippen LogP contribution < -0.4 is 16.0 Å². The molecule has 0 unspecified atom stereocenters. The number of fused-ring (bicyclic) bond motifs is 1. The maximum Gasteiger partial charge on any atom is 0.332 e. The van der Waals surface area contributed by atoms with Crippen LogP contribution in [0.3, 0.4) is 0 Å². The van der Waals surface area contributed by atoms with Crippen molar-refractivity contribution in [3.63, 3.8) is 0 Å². The Balaban J connectivity index is 2.14. The highest BCUT2D eigenvalue weighted by Gasteiger charge is 2.24. The first-order valence-electron chi connectivity index (χ1n) is 10.5. The third-order valence-corrected chi connectivity index (χ3v) is 4.91. The smallest absolute Gasteiger partial charge is 0.332 e. The fourth-order valence-corrected chi connectivity index (χ4v) is 3.57. The molecule has 0 aliphatic heterocycles. The molecule has 0 spiro atoms. The van der Waals surface area contributed by atoms with Crippen molar-refractivity contribution in [3.8, 4) is 11.8 Å². The fraction of sp³-hybridized carbons (Fsp3) is 0.500. The van der Waals surface area contributed by atoms with Gasteiger partial charge in [0.05, 0.1) is 0 Å². The van der Waals surface area contributed by atoms with E-state index in [2.05, 4.69) is 4.98 Å². The number of aryl methyl sites for hydroxylation is 1. The number of ether oxygens (including phenoxy) is 1. The lowest BCUT2D eigenvalue weighted by Crippen LogP contribution is -2.40. The lowest BCUT2D eigenvalue weighted by atomic mass is 10.1. The second-order valence-electron chi connectivity index (χ2n) is 8.44. The predicted octanol–water partition coefficient (Wildman–Crippen LogP) is 2.93. The summed E-state index contributed by atoms with van der Waals surface area (Å²) in [6.45, 7) is 5.10. The number of aliphatic hydroxyl groups excluding tert-OH is 1. The molecule has 32 heavy (non-hydrogen) atoms. The van der Waals surface area contributed by atoms with E-state index in [9.17, 15) is 18.4 Å². The quantitative estimate of drug-likeness (QED) is 0.541. The van der Waals surface area contributed by atoms with Gasteiger partial charge in [0.15, 0.2) is 11.2 Å². The highest BCUT2D eigenvalue weighted by Crippen LogP contribution is 2.27. The summed E-state index contributed by atoms with van der Waals surface area (Å²) >= 11 is 0. The zero-order valence-electron chi connectivity index (χ0n) is 18.6. The van der Waals surface area contributed by atoms with Gasteiger partial charge in [0.25, 0.3) is 5.56 Å². The van der Waals surface area contributed by atoms with Crippen LogP contribution in [-0.4, -0.2) is 36.3 Å². The van der Waals surface area contributed by atoms with Crippen molar-refractivity contribution < 1.29 is 18.6 Å². The van der Waals surface area contributed by atoms with E-state index in [0.717, 1.165) is 11.5 Å². The summed E-state index contributed by atoms with van der Waals surface area (Å²) in [4.78, 5) is 30.2. The molecule has 3 aromatic rings. The van der Waals surface area contributed by atoms with Crippen molar-refractivity contribution in [3.05, 3.63) is 50.7 Å². The van der Waals surface area contributed by atoms with Gasteiger partial charge in [0.2, 0.25) is 5.92 Å². The van der Waals surface area contributed by atoms with E-state index in [-0.39, 0.29) is 42.7 Å². The Hall–Kier alpha value is -3.01. The van der Waals surface area contributed by atoms with E-state index < -0.39 is 23.6 Å². The van der Waals surface area contributed by atoms with Gasteiger partial charge in [-0.1, -0.05) is 26.0 Å². The summed E-state index contributed by atoms with van der Waals surface area (Å²) < 4.78 is 36.7. The molecule has 174 valence electrons. The van der Waals surface area contributed by atoms with Gasteiger partial charge in [-0.05, 0) is 37.0 Å². The van der Waals surface area contributed by atoms with Gasteiger partial charge in [-0.3, -0.25) is 18.5 Å². The van der Waals surface area contributed by atoms with Gasteiger partial charge in [-0.2, -0.15) is 4.98 Å². The minimum absolute atomic E-state index is 0.0776. The van der Waals surface area contributed by atoms with E-state index in [4.69, 9.17) is 9.84 Å². The Kier molecular flexibility index (Phi) is 6.82. The molecule has 2 aromatic heterocycles. The van der Waals surface area contributed by atoms with Crippen LogP contribution in [0, 0.1) is 5.92 Å². The van der Waals surface area contributed by atoms with Crippen LogP contribution in [0.2, 0.25) is 0 Å². The third kappa shape index (κ3) is 5.07.